The normalized spacial score (nSPS) is 21.3. The van der Waals surface area contributed by atoms with E-state index in [-0.39, 0.29) is 17.9 Å². The van der Waals surface area contributed by atoms with Gasteiger partial charge in [-0.05, 0) is 32.0 Å². The monoisotopic (exact) mass is 394 g/mol. The molecule has 0 fully saturated rings. The summed E-state index contributed by atoms with van der Waals surface area (Å²) < 4.78 is 5.50. The van der Waals surface area contributed by atoms with Gasteiger partial charge in [0.2, 0.25) is 0 Å². The number of hydrogen-bond acceptors (Lipinski definition) is 5. The number of ether oxygens (including phenoxy) is 1. The Balaban J connectivity index is 1.63. The number of carbonyl (C=O) groups excluding carboxylic acids is 1. The Bertz CT molecular complexity index is 1060. The van der Waals surface area contributed by atoms with Gasteiger partial charge in [0, 0.05) is 17.0 Å². The molecular formula is C21H19ClN4O2. The average Bonchev–Trinajstić information content (AvgIpc) is 2.68. The summed E-state index contributed by atoms with van der Waals surface area (Å²) in [6.45, 7) is 4.29. The van der Waals surface area contributed by atoms with E-state index in [4.69, 9.17) is 16.3 Å². The van der Waals surface area contributed by atoms with Crippen molar-refractivity contribution in [3.8, 4) is 5.75 Å². The third-order valence-corrected chi connectivity index (χ3v) is 4.94. The van der Waals surface area contributed by atoms with Crippen LogP contribution >= 0.6 is 11.6 Å². The topological polar surface area (TPSA) is 67.2 Å². The Morgan fingerprint density at radius 3 is 2.93 bits per heavy atom. The molecule has 0 N–H and O–H groups in total. The number of amidine groups is 1. The number of fused-ring (bicyclic) bond motifs is 2. The Labute approximate surface area is 167 Å². The van der Waals surface area contributed by atoms with Crippen molar-refractivity contribution in [1.29, 1.82) is 0 Å². The lowest BCUT2D eigenvalue weighted by Crippen LogP contribution is -2.44. The number of rotatable bonds is 4. The highest BCUT2D eigenvalue weighted by molar-refractivity contribution is 6.32. The Morgan fingerprint density at radius 2 is 2.11 bits per heavy atom. The van der Waals surface area contributed by atoms with Gasteiger partial charge in [0.1, 0.15) is 16.7 Å². The lowest BCUT2D eigenvalue weighted by molar-refractivity contribution is -0.131. The molecule has 4 rings (SSSR count). The molecule has 0 bridgehead atoms. The van der Waals surface area contributed by atoms with Crippen molar-refractivity contribution in [1.82, 2.24) is 9.99 Å². The minimum Gasteiger partial charge on any atom is -0.494 e. The number of hydrogen-bond donors (Lipinski definition) is 0. The van der Waals surface area contributed by atoms with E-state index in [0.29, 0.717) is 23.2 Å². The molecule has 2 unspecified atom stereocenters. The molecule has 28 heavy (non-hydrogen) atoms. The summed E-state index contributed by atoms with van der Waals surface area (Å²) >= 11 is 6.34. The number of carbonyl (C=O) groups is 1. The zero-order valence-electron chi connectivity index (χ0n) is 15.5. The van der Waals surface area contributed by atoms with Crippen LogP contribution in [0.25, 0.3) is 10.9 Å². The van der Waals surface area contributed by atoms with Gasteiger partial charge in [0.25, 0.3) is 5.91 Å². The van der Waals surface area contributed by atoms with Gasteiger partial charge in [-0.15, -0.1) is 0 Å². The number of nitrogens with zero attached hydrogens (tertiary/aromatic N) is 4. The van der Waals surface area contributed by atoms with E-state index >= 15 is 0 Å². The molecule has 1 amide bonds. The van der Waals surface area contributed by atoms with Gasteiger partial charge >= 0.3 is 0 Å². The van der Waals surface area contributed by atoms with Crippen molar-refractivity contribution in [2.75, 3.05) is 6.61 Å². The molecule has 0 saturated carbocycles. The number of amides is 1. The lowest BCUT2D eigenvalue weighted by atomic mass is 9.93. The fourth-order valence-corrected chi connectivity index (χ4v) is 3.46. The van der Waals surface area contributed by atoms with Crippen LogP contribution in [0.15, 0.2) is 58.7 Å². The second-order valence-corrected chi connectivity index (χ2v) is 6.87. The molecule has 1 aliphatic carbocycles. The van der Waals surface area contributed by atoms with Gasteiger partial charge < -0.3 is 4.74 Å². The van der Waals surface area contributed by atoms with Crippen molar-refractivity contribution in [3.05, 3.63) is 59.3 Å². The number of hydrazone groups is 1. The summed E-state index contributed by atoms with van der Waals surface area (Å²) in [7, 11) is 0. The van der Waals surface area contributed by atoms with E-state index in [2.05, 4.69) is 15.1 Å². The van der Waals surface area contributed by atoms with Gasteiger partial charge in [-0.25, -0.2) is 4.98 Å². The van der Waals surface area contributed by atoms with Gasteiger partial charge in [-0.1, -0.05) is 35.9 Å². The second kappa shape index (κ2) is 7.56. The molecule has 1 aliphatic heterocycles. The van der Waals surface area contributed by atoms with Crippen LogP contribution in [0.1, 0.15) is 19.4 Å². The predicted molar refractivity (Wildman–Crippen MR) is 111 cm³/mol. The highest BCUT2D eigenvalue weighted by Gasteiger charge is 2.35. The van der Waals surface area contributed by atoms with Crippen molar-refractivity contribution in [2.45, 2.75) is 19.9 Å². The van der Waals surface area contributed by atoms with Crippen LogP contribution in [0.4, 0.5) is 0 Å². The first-order chi connectivity index (χ1) is 13.6. The quantitative estimate of drug-likeness (QED) is 0.581. The number of halogens is 1. The maximum absolute atomic E-state index is 12.8. The van der Waals surface area contributed by atoms with Gasteiger partial charge in [0.05, 0.1) is 30.3 Å². The van der Waals surface area contributed by atoms with E-state index in [1.54, 1.807) is 13.1 Å². The van der Waals surface area contributed by atoms with Crippen LogP contribution in [0.3, 0.4) is 0 Å². The molecule has 2 aliphatic rings. The highest BCUT2D eigenvalue weighted by Crippen LogP contribution is 2.26. The van der Waals surface area contributed by atoms with Crippen molar-refractivity contribution < 1.29 is 9.53 Å². The van der Waals surface area contributed by atoms with Crippen LogP contribution in [-0.2, 0) is 4.79 Å². The molecule has 1 aromatic heterocycles. The second-order valence-electron chi connectivity index (χ2n) is 6.51. The van der Waals surface area contributed by atoms with Crippen LogP contribution < -0.4 is 4.74 Å². The first-order valence-electron chi connectivity index (χ1n) is 9.07. The van der Waals surface area contributed by atoms with E-state index < -0.39 is 0 Å². The van der Waals surface area contributed by atoms with Crippen LogP contribution in [0.5, 0.6) is 5.75 Å². The molecule has 1 aromatic carbocycles. The summed E-state index contributed by atoms with van der Waals surface area (Å²) in [5, 5.41) is 6.88. The van der Waals surface area contributed by atoms with Crippen molar-refractivity contribution in [2.24, 2.45) is 16.0 Å². The Kier molecular flexibility index (Phi) is 4.96. The molecule has 142 valence electrons. The summed E-state index contributed by atoms with van der Waals surface area (Å²) in [6.07, 6.45) is 9.09. The van der Waals surface area contributed by atoms with Crippen LogP contribution in [-0.4, -0.2) is 40.6 Å². The summed E-state index contributed by atoms with van der Waals surface area (Å²) in [5.41, 5.74) is 1.36. The minimum absolute atomic E-state index is 0.111. The maximum Gasteiger partial charge on any atom is 0.257 e. The summed E-state index contributed by atoms with van der Waals surface area (Å²) in [5.74, 6) is 0.858. The van der Waals surface area contributed by atoms with E-state index in [1.165, 1.54) is 5.01 Å². The molecular weight excluding hydrogens is 376 g/mol. The number of allylic oxidation sites excluding steroid dienone is 2. The zero-order valence-corrected chi connectivity index (χ0v) is 16.3. The molecule has 2 heterocycles. The van der Waals surface area contributed by atoms with Crippen molar-refractivity contribution in [3.63, 3.8) is 0 Å². The SMILES string of the molecule is CCOc1ccc2cc(C=NN3C(=O)C4C=CC=CC4N=C3C)c(Cl)nc2c1. The smallest absolute Gasteiger partial charge is 0.257 e. The van der Waals surface area contributed by atoms with Gasteiger partial charge in [0.15, 0.2) is 0 Å². The standard InChI is InChI=1S/C21H19ClN4O2/c1-3-28-16-9-8-14-10-15(20(22)25-19(14)11-16)12-23-26-13(2)24-18-7-5-4-6-17(18)21(26)27/h4-12,17-18H,3H2,1-2H3. The average molecular weight is 395 g/mol. The van der Waals surface area contributed by atoms with Gasteiger partial charge in [-0.3, -0.25) is 9.79 Å². The molecule has 0 spiro atoms. The lowest BCUT2D eigenvalue weighted by Gasteiger charge is -2.30. The minimum atomic E-state index is -0.326. The first-order valence-corrected chi connectivity index (χ1v) is 9.45. The van der Waals surface area contributed by atoms with E-state index in [1.807, 2.05) is 55.5 Å². The van der Waals surface area contributed by atoms with E-state index in [0.717, 1.165) is 16.7 Å². The zero-order chi connectivity index (χ0) is 19.7. The Hall–Kier alpha value is -2.99. The fraction of sp³-hybridized carbons (Fsp3) is 0.238. The van der Waals surface area contributed by atoms with Gasteiger partial charge in [-0.2, -0.15) is 10.1 Å². The molecule has 6 nitrogen and oxygen atoms in total. The third kappa shape index (κ3) is 3.43. The first kappa shape index (κ1) is 18.4. The van der Waals surface area contributed by atoms with Crippen molar-refractivity contribution >= 4 is 40.5 Å². The predicted octanol–water partition coefficient (Wildman–Crippen LogP) is 3.99. The summed E-state index contributed by atoms with van der Waals surface area (Å²) in [6, 6.07) is 7.38. The van der Waals surface area contributed by atoms with Crippen LogP contribution in [0, 0.1) is 5.92 Å². The third-order valence-electron chi connectivity index (χ3n) is 4.64. The molecule has 2 atom stereocenters. The number of benzene rings is 1. The Morgan fingerprint density at radius 1 is 1.29 bits per heavy atom. The maximum atomic E-state index is 12.8. The van der Waals surface area contributed by atoms with Crippen LogP contribution in [0.2, 0.25) is 5.15 Å². The molecule has 0 radical (unpaired) electrons. The van der Waals surface area contributed by atoms with E-state index in [9.17, 15) is 4.79 Å². The number of pyridine rings is 1. The largest absolute Gasteiger partial charge is 0.494 e. The summed E-state index contributed by atoms with van der Waals surface area (Å²) in [4.78, 5) is 21.8. The highest BCUT2D eigenvalue weighted by atomic mass is 35.5. The number of aliphatic imine (C=N–C) groups is 1. The molecule has 2 aromatic rings. The number of aromatic nitrogens is 1. The molecule has 7 heteroatoms. The molecule has 0 saturated heterocycles. The fourth-order valence-electron chi connectivity index (χ4n) is 3.27.